The summed E-state index contributed by atoms with van der Waals surface area (Å²) in [6.07, 6.45) is 2.57. The van der Waals surface area contributed by atoms with Gasteiger partial charge in [-0.05, 0) is 12.2 Å². The molecule has 0 rings (SSSR count). The topological polar surface area (TPSA) is 95.2 Å². The normalized spacial score (nSPS) is 9.14. The summed E-state index contributed by atoms with van der Waals surface area (Å²) in [7, 11) is 0. The molecule has 0 radical (unpaired) electrons. The molecule has 0 aromatic rings. The Morgan fingerprint density at radius 1 is 1.07 bits per heavy atom. The lowest BCUT2D eigenvalue weighted by molar-refractivity contribution is 1.09. The SMILES string of the molecule is N#CC(C#N)=CC(Br)=CC(C#N)C#N. The van der Waals surface area contributed by atoms with Gasteiger partial charge in [-0.1, -0.05) is 15.9 Å². The van der Waals surface area contributed by atoms with Crippen LogP contribution in [0.5, 0.6) is 0 Å². The minimum absolute atomic E-state index is 0.0947. The molecular formula is C9H3BrN4. The van der Waals surface area contributed by atoms with E-state index in [9.17, 15) is 0 Å². The molecule has 0 aliphatic rings. The van der Waals surface area contributed by atoms with Gasteiger partial charge in [-0.3, -0.25) is 0 Å². The lowest BCUT2D eigenvalue weighted by atomic mass is 10.2. The van der Waals surface area contributed by atoms with Gasteiger partial charge in [-0.15, -0.1) is 0 Å². The van der Waals surface area contributed by atoms with Gasteiger partial charge >= 0.3 is 0 Å². The Morgan fingerprint density at radius 2 is 1.57 bits per heavy atom. The van der Waals surface area contributed by atoms with E-state index in [1.807, 2.05) is 0 Å². The summed E-state index contributed by atoms with van der Waals surface area (Å²) in [5.74, 6) is -0.890. The molecule has 0 aromatic heterocycles. The summed E-state index contributed by atoms with van der Waals surface area (Å²) in [6, 6.07) is 6.77. The highest BCUT2D eigenvalue weighted by atomic mass is 79.9. The number of hydrogen-bond acceptors (Lipinski definition) is 4. The largest absolute Gasteiger partial charge is 0.197 e. The molecule has 0 N–H and O–H groups in total. The zero-order chi connectivity index (χ0) is 11.0. The zero-order valence-electron chi connectivity index (χ0n) is 6.90. The maximum absolute atomic E-state index is 8.43. The van der Waals surface area contributed by atoms with Crippen LogP contribution in [0, 0.1) is 51.2 Å². The molecule has 4 nitrogen and oxygen atoms in total. The third-order valence-corrected chi connectivity index (χ3v) is 1.62. The van der Waals surface area contributed by atoms with Gasteiger partial charge < -0.3 is 0 Å². The highest BCUT2D eigenvalue weighted by molar-refractivity contribution is 9.11. The standard InChI is InChI=1S/C9H3BrN4/c10-9(1-7(3-11)4-12)2-8(5-13)6-14/h1-2,7H. The van der Waals surface area contributed by atoms with Crippen LogP contribution < -0.4 is 0 Å². The van der Waals surface area contributed by atoms with Gasteiger partial charge in [0.2, 0.25) is 0 Å². The molecule has 0 heterocycles. The molecule has 0 atom stereocenters. The molecule has 0 bridgehead atoms. The molecule has 5 heteroatoms. The van der Waals surface area contributed by atoms with Crippen LogP contribution in [0.4, 0.5) is 0 Å². The molecule has 0 saturated carbocycles. The molecule has 0 fully saturated rings. The van der Waals surface area contributed by atoms with Gasteiger partial charge in [0, 0.05) is 4.48 Å². The Balaban J connectivity index is 4.87. The summed E-state index contributed by atoms with van der Waals surface area (Å²) in [4.78, 5) is 0. The van der Waals surface area contributed by atoms with Gasteiger partial charge in [-0.25, -0.2) is 0 Å². The Labute approximate surface area is 89.7 Å². The highest BCUT2D eigenvalue weighted by Crippen LogP contribution is 2.12. The predicted molar refractivity (Wildman–Crippen MR) is 51.0 cm³/mol. The summed E-state index contributed by atoms with van der Waals surface area (Å²) >= 11 is 3.02. The maximum atomic E-state index is 8.43. The van der Waals surface area contributed by atoms with Crippen molar-refractivity contribution < 1.29 is 0 Å². The molecule has 14 heavy (non-hydrogen) atoms. The second-order valence-corrected chi connectivity index (χ2v) is 2.98. The summed E-state index contributed by atoms with van der Waals surface area (Å²) in [6.45, 7) is 0. The molecule has 0 saturated heterocycles. The minimum Gasteiger partial charge on any atom is -0.197 e. The lowest BCUT2D eigenvalue weighted by Crippen LogP contribution is -1.86. The number of hydrogen-bond donors (Lipinski definition) is 0. The molecule has 0 aliphatic carbocycles. The van der Waals surface area contributed by atoms with Crippen molar-refractivity contribution in [1.29, 1.82) is 21.0 Å². The van der Waals surface area contributed by atoms with Crippen LogP contribution in [0.25, 0.3) is 0 Å². The average molecular weight is 247 g/mol. The summed E-state index contributed by atoms with van der Waals surface area (Å²) in [5, 5.41) is 33.7. The van der Waals surface area contributed by atoms with E-state index in [1.165, 1.54) is 12.2 Å². The van der Waals surface area contributed by atoms with Gasteiger partial charge in [0.05, 0.1) is 12.1 Å². The molecule has 0 unspecified atom stereocenters. The number of rotatable bonds is 2. The Morgan fingerprint density at radius 3 is 1.93 bits per heavy atom. The third-order valence-electron chi connectivity index (χ3n) is 1.13. The van der Waals surface area contributed by atoms with Crippen molar-refractivity contribution in [3.05, 3.63) is 22.2 Å². The van der Waals surface area contributed by atoms with E-state index >= 15 is 0 Å². The van der Waals surface area contributed by atoms with Crippen LogP contribution >= 0.6 is 15.9 Å². The predicted octanol–water partition coefficient (Wildman–Crippen LogP) is 1.90. The highest BCUT2D eigenvalue weighted by Gasteiger charge is 2.01. The minimum atomic E-state index is -0.890. The van der Waals surface area contributed by atoms with Crippen molar-refractivity contribution in [1.82, 2.24) is 0 Å². The monoisotopic (exact) mass is 246 g/mol. The first kappa shape index (κ1) is 11.9. The first-order valence-corrected chi connectivity index (χ1v) is 4.15. The van der Waals surface area contributed by atoms with Crippen molar-refractivity contribution >= 4 is 15.9 Å². The molecule has 0 amide bonds. The molecule has 0 spiro atoms. The van der Waals surface area contributed by atoms with Gasteiger partial charge in [0.1, 0.15) is 17.7 Å². The molecular weight excluding hydrogens is 244 g/mol. The van der Waals surface area contributed by atoms with E-state index in [0.29, 0.717) is 4.48 Å². The summed E-state index contributed by atoms with van der Waals surface area (Å²) < 4.78 is 0.365. The Kier molecular flexibility index (Phi) is 5.48. The van der Waals surface area contributed by atoms with Gasteiger partial charge in [0.25, 0.3) is 0 Å². The van der Waals surface area contributed by atoms with E-state index in [0.717, 1.165) is 0 Å². The average Bonchev–Trinajstić information content (AvgIpc) is 2.22. The maximum Gasteiger partial charge on any atom is 0.152 e. The molecule has 66 valence electrons. The molecule has 0 aromatic carbocycles. The van der Waals surface area contributed by atoms with E-state index < -0.39 is 5.92 Å². The first-order valence-electron chi connectivity index (χ1n) is 3.36. The van der Waals surface area contributed by atoms with Gasteiger partial charge in [0.15, 0.2) is 5.92 Å². The molecule has 0 aliphatic heterocycles. The number of nitriles is 4. The van der Waals surface area contributed by atoms with Gasteiger partial charge in [-0.2, -0.15) is 21.0 Å². The van der Waals surface area contributed by atoms with Crippen LogP contribution in [-0.4, -0.2) is 0 Å². The fourth-order valence-electron chi connectivity index (χ4n) is 0.538. The van der Waals surface area contributed by atoms with E-state index in [4.69, 9.17) is 21.0 Å². The van der Waals surface area contributed by atoms with Crippen molar-refractivity contribution in [2.75, 3.05) is 0 Å². The first-order chi connectivity index (χ1) is 6.67. The van der Waals surface area contributed by atoms with Crippen molar-refractivity contribution in [2.45, 2.75) is 0 Å². The summed E-state index contributed by atoms with van der Waals surface area (Å²) in [5.41, 5.74) is -0.0947. The van der Waals surface area contributed by atoms with Crippen molar-refractivity contribution in [3.63, 3.8) is 0 Å². The van der Waals surface area contributed by atoms with E-state index in [1.54, 1.807) is 24.3 Å². The zero-order valence-corrected chi connectivity index (χ0v) is 8.48. The van der Waals surface area contributed by atoms with Crippen molar-refractivity contribution in [3.8, 4) is 24.3 Å². The Bertz CT molecular complexity index is 403. The van der Waals surface area contributed by atoms with Crippen molar-refractivity contribution in [2.24, 2.45) is 5.92 Å². The van der Waals surface area contributed by atoms with Crippen LogP contribution in [0.3, 0.4) is 0 Å². The van der Waals surface area contributed by atoms with Crippen LogP contribution in [0.2, 0.25) is 0 Å². The van der Waals surface area contributed by atoms with E-state index in [2.05, 4.69) is 15.9 Å². The fraction of sp³-hybridized carbons (Fsp3) is 0.111. The van der Waals surface area contributed by atoms with E-state index in [-0.39, 0.29) is 5.57 Å². The van der Waals surface area contributed by atoms with Crippen LogP contribution in [-0.2, 0) is 0 Å². The van der Waals surface area contributed by atoms with Crippen LogP contribution in [0.1, 0.15) is 0 Å². The number of halogens is 1. The van der Waals surface area contributed by atoms with Crippen LogP contribution in [0.15, 0.2) is 22.2 Å². The third kappa shape index (κ3) is 4.07. The fourth-order valence-corrected chi connectivity index (χ4v) is 1.03. The second kappa shape index (κ2) is 6.44. The second-order valence-electron chi connectivity index (χ2n) is 2.07. The number of allylic oxidation sites excluding steroid dienone is 4. The smallest absolute Gasteiger partial charge is 0.152 e. The number of nitrogens with zero attached hydrogens (tertiary/aromatic N) is 4. The Hall–Kier alpha value is -2.08. The quantitative estimate of drug-likeness (QED) is 0.549. The lowest BCUT2D eigenvalue weighted by Gasteiger charge is -1.90.